The number of methoxy groups -OCH3 is 1. The van der Waals surface area contributed by atoms with Crippen LogP contribution in [0.25, 0.3) is 0 Å². The van der Waals surface area contributed by atoms with Crippen LogP contribution in [0.2, 0.25) is 0 Å². The smallest absolute Gasteiger partial charge is 0.340 e. The monoisotopic (exact) mass is 251 g/mol. The molecule has 1 aromatic rings. The second-order valence-corrected chi connectivity index (χ2v) is 4.03. The summed E-state index contributed by atoms with van der Waals surface area (Å²) in [6.45, 7) is 2.60. The molecule has 0 radical (unpaired) electrons. The Morgan fingerprint density at radius 3 is 3.00 bits per heavy atom. The van der Waals surface area contributed by atoms with Gasteiger partial charge in [-0.25, -0.2) is 4.79 Å². The molecule has 0 saturated heterocycles. The highest BCUT2D eigenvalue weighted by Crippen LogP contribution is 2.39. The number of hydrogen-bond donors (Lipinski definition) is 1. The minimum atomic E-state index is -0.430. The van der Waals surface area contributed by atoms with Gasteiger partial charge in [0.2, 0.25) is 0 Å². The van der Waals surface area contributed by atoms with Crippen LogP contribution in [0, 0.1) is 0 Å². The lowest BCUT2D eigenvalue weighted by atomic mass is 9.99. The molecule has 1 atom stereocenters. The summed E-state index contributed by atoms with van der Waals surface area (Å²) in [4.78, 5) is 11.7. The van der Waals surface area contributed by atoms with Gasteiger partial charge in [-0.15, -0.1) is 0 Å². The number of nitrogens with two attached hydrogens (primary N) is 1. The van der Waals surface area contributed by atoms with Crippen LogP contribution in [-0.2, 0) is 9.47 Å². The van der Waals surface area contributed by atoms with Gasteiger partial charge in [-0.1, -0.05) is 6.07 Å². The molecule has 1 unspecified atom stereocenters. The number of ether oxygens (including phenoxy) is 3. The molecule has 2 N–H and O–H groups in total. The van der Waals surface area contributed by atoms with E-state index < -0.39 is 5.97 Å². The van der Waals surface area contributed by atoms with E-state index in [0.717, 1.165) is 12.0 Å². The van der Waals surface area contributed by atoms with Gasteiger partial charge in [0, 0.05) is 19.1 Å². The fourth-order valence-electron chi connectivity index (χ4n) is 2.09. The minimum absolute atomic E-state index is 0.0349. The van der Waals surface area contributed by atoms with Crippen LogP contribution in [0.5, 0.6) is 5.75 Å². The summed E-state index contributed by atoms with van der Waals surface area (Å²) in [7, 11) is 1.65. The van der Waals surface area contributed by atoms with E-state index in [1.807, 2.05) is 6.07 Å². The predicted molar refractivity (Wildman–Crippen MR) is 66.7 cm³/mol. The first-order valence-electron chi connectivity index (χ1n) is 5.94. The van der Waals surface area contributed by atoms with Crippen LogP contribution in [-0.4, -0.2) is 26.3 Å². The number of anilines is 1. The average Bonchev–Trinajstić information content (AvgIpc) is 2.39. The Morgan fingerprint density at radius 1 is 1.56 bits per heavy atom. The summed E-state index contributed by atoms with van der Waals surface area (Å²) in [5.41, 5.74) is 7.52. The van der Waals surface area contributed by atoms with E-state index in [0.29, 0.717) is 30.2 Å². The zero-order valence-electron chi connectivity index (χ0n) is 10.6. The van der Waals surface area contributed by atoms with Crippen LogP contribution in [0.15, 0.2) is 12.1 Å². The second kappa shape index (κ2) is 5.27. The second-order valence-electron chi connectivity index (χ2n) is 4.03. The van der Waals surface area contributed by atoms with Gasteiger partial charge in [-0.3, -0.25) is 0 Å². The van der Waals surface area contributed by atoms with E-state index in [1.165, 1.54) is 0 Å². The minimum Gasteiger partial charge on any atom is -0.491 e. The first-order chi connectivity index (χ1) is 8.69. The molecule has 0 aromatic heterocycles. The summed E-state index contributed by atoms with van der Waals surface area (Å²) in [6, 6.07) is 3.47. The number of esters is 1. The van der Waals surface area contributed by atoms with Gasteiger partial charge >= 0.3 is 5.97 Å². The fraction of sp³-hybridized carbons (Fsp3) is 0.462. The predicted octanol–water partition coefficient (Wildman–Crippen LogP) is 1.92. The molecule has 98 valence electrons. The maximum absolute atomic E-state index is 11.7. The zero-order chi connectivity index (χ0) is 13.1. The molecule has 0 amide bonds. The molecule has 18 heavy (non-hydrogen) atoms. The highest BCUT2D eigenvalue weighted by molar-refractivity contribution is 5.97. The number of benzene rings is 1. The lowest BCUT2D eigenvalue weighted by Gasteiger charge is -2.26. The lowest BCUT2D eigenvalue weighted by molar-refractivity contribution is 0.0522. The van der Waals surface area contributed by atoms with Crippen LogP contribution in [0.3, 0.4) is 0 Å². The molecule has 1 aliphatic rings. The summed E-state index contributed by atoms with van der Waals surface area (Å²) >= 11 is 0. The van der Waals surface area contributed by atoms with Gasteiger partial charge in [0.1, 0.15) is 5.75 Å². The standard InChI is InChI=1S/C13H17NO4/c1-3-17-13(15)9-5-4-8-10(16-2)6-7-18-12(8)11(9)14/h4-5,10H,3,6-7,14H2,1-2H3. The number of nitrogen functional groups attached to an aromatic ring is 1. The molecule has 5 heteroatoms. The van der Waals surface area contributed by atoms with Crippen molar-refractivity contribution in [3.8, 4) is 5.75 Å². The zero-order valence-corrected chi connectivity index (χ0v) is 10.6. The summed E-state index contributed by atoms with van der Waals surface area (Å²) in [5.74, 6) is 0.111. The fourth-order valence-corrected chi connectivity index (χ4v) is 2.09. The van der Waals surface area contributed by atoms with E-state index in [1.54, 1.807) is 20.1 Å². The third-order valence-electron chi connectivity index (χ3n) is 2.98. The van der Waals surface area contributed by atoms with Crippen LogP contribution in [0.1, 0.15) is 35.4 Å². The highest BCUT2D eigenvalue weighted by atomic mass is 16.5. The average molecular weight is 251 g/mol. The van der Waals surface area contributed by atoms with Gasteiger partial charge in [0.05, 0.1) is 30.6 Å². The lowest BCUT2D eigenvalue weighted by Crippen LogP contribution is -2.18. The molecule has 1 aliphatic heterocycles. The number of carbonyl (C=O) groups excluding carboxylic acids is 1. The first kappa shape index (κ1) is 12.7. The number of fused-ring (bicyclic) bond motifs is 1. The van der Waals surface area contributed by atoms with E-state index >= 15 is 0 Å². The van der Waals surface area contributed by atoms with E-state index in [-0.39, 0.29) is 6.10 Å². The largest absolute Gasteiger partial charge is 0.491 e. The molecule has 0 aliphatic carbocycles. The Labute approximate surface area is 106 Å². The molecule has 5 nitrogen and oxygen atoms in total. The number of rotatable bonds is 3. The molecule has 0 bridgehead atoms. The van der Waals surface area contributed by atoms with E-state index in [9.17, 15) is 4.79 Å². The molecule has 2 rings (SSSR count). The molecule has 0 spiro atoms. The van der Waals surface area contributed by atoms with Gasteiger partial charge < -0.3 is 19.9 Å². The van der Waals surface area contributed by atoms with Crippen LogP contribution in [0.4, 0.5) is 5.69 Å². The van der Waals surface area contributed by atoms with Crippen molar-refractivity contribution < 1.29 is 19.0 Å². The van der Waals surface area contributed by atoms with Gasteiger partial charge in [0.25, 0.3) is 0 Å². The molecule has 0 saturated carbocycles. The van der Waals surface area contributed by atoms with Crippen molar-refractivity contribution in [2.24, 2.45) is 0 Å². The Bertz CT molecular complexity index is 459. The Morgan fingerprint density at radius 2 is 2.33 bits per heavy atom. The van der Waals surface area contributed by atoms with Crippen molar-refractivity contribution in [2.75, 3.05) is 26.1 Å². The van der Waals surface area contributed by atoms with Crippen LogP contribution < -0.4 is 10.5 Å². The van der Waals surface area contributed by atoms with Gasteiger partial charge in [0.15, 0.2) is 0 Å². The Balaban J connectivity index is 2.40. The SMILES string of the molecule is CCOC(=O)c1ccc2c(c1N)OCCC2OC. The van der Waals surface area contributed by atoms with Crippen molar-refractivity contribution in [1.82, 2.24) is 0 Å². The van der Waals surface area contributed by atoms with Gasteiger partial charge in [-0.2, -0.15) is 0 Å². The highest BCUT2D eigenvalue weighted by Gasteiger charge is 2.26. The quantitative estimate of drug-likeness (QED) is 0.656. The summed E-state index contributed by atoms with van der Waals surface area (Å²) < 4.78 is 15.9. The van der Waals surface area contributed by atoms with E-state index in [4.69, 9.17) is 19.9 Å². The third-order valence-corrected chi connectivity index (χ3v) is 2.98. The Hall–Kier alpha value is -1.75. The maximum Gasteiger partial charge on any atom is 0.340 e. The number of carbonyl (C=O) groups is 1. The molecular formula is C13H17NO4. The molecular weight excluding hydrogens is 234 g/mol. The van der Waals surface area contributed by atoms with Crippen molar-refractivity contribution in [2.45, 2.75) is 19.4 Å². The van der Waals surface area contributed by atoms with Crippen molar-refractivity contribution in [1.29, 1.82) is 0 Å². The van der Waals surface area contributed by atoms with Crippen LogP contribution >= 0.6 is 0 Å². The number of hydrogen-bond acceptors (Lipinski definition) is 5. The van der Waals surface area contributed by atoms with Crippen molar-refractivity contribution >= 4 is 11.7 Å². The topological polar surface area (TPSA) is 70.8 Å². The van der Waals surface area contributed by atoms with E-state index in [2.05, 4.69) is 0 Å². The molecule has 1 aromatic carbocycles. The summed E-state index contributed by atoms with van der Waals surface area (Å²) in [6.07, 6.45) is 0.745. The Kier molecular flexibility index (Phi) is 3.72. The van der Waals surface area contributed by atoms with Crippen molar-refractivity contribution in [3.63, 3.8) is 0 Å². The summed E-state index contributed by atoms with van der Waals surface area (Å²) in [5, 5.41) is 0. The molecule has 1 heterocycles. The maximum atomic E-state index is 11.7. The molecule has 0 fully saturated rings. The van der Waals surface area contributed by atoms with Crippen molar-refractivity contribution in [3.05, 3.63) is 23.3 Å². The normalized spacial score (nSPS) is 17.8. The third kappa shape index (κ3) is 2.13. The first-order valence-corrected chi connectivity index (χ1v) is 5.94. The van der Waals surface area contributed by atoms with Gasteiger partial charge in [-0.05, 0) is 13.0 Å².